The lowest BCUT2D eigenvalue weighted by Crippen LogP contribution is -2.25. The van der Waals surface area contributed by atoms with E-state index in [0.717, 1.165) is 22.8 Å². The smallest absolute Gasteiger partial charge is 0.407 e. The molecule has 0 amide bonds. The second-order valence-corrected chi connectivity index (χ2v) is 8.49. The molecule has 8 heteroatoms. The van der Waals surface area contributed by atoms with Crippen molar-refractivity contribution in [1.29, 1.82) is 5.26 Å². The highest BCUT2D eigenvalue weighted by molar-refractivity contribution is 5.67. The van der Waals surface area contributed by atoms with Crippen molar-refractivity contribution in [3.63, 3.8) is 0 Å². The summed E-state index contributed by atoms with van der Waals surface area (Å²) in [5.74, 6) is 0.907. The fraction of sp³-hybridized carbons (Fsp3) is 0.138. The van der Waals surface area contributed by atoms with E-state index >= 15 is 0 Å². The SMILES string of the molecule is [C-]#[N+]c1c(C(F)(F)F)cc(-c2ccc(Oc3ccc(C#N)cc3)cc2)n(Cc2ccc(C)cc2C)c1=O. The van der Waals surface area contributed by atoms with E-state index < -0.39 is 23.0 Å². The number of nitriles is 1. The molecule has 0 saturated carbocycles. The van der Waals surface area contributed by atoms with Crippen molar-refractivity contribution >= 4 is 5.69 Å². The minimum absolute atomic E-state index is 0.00439. The van der Waals surface area contributed by atoms with Crippen molar-refractivity contribution in [2.75, 3.05) is 0 Å². The van der Waals surface area contributed by atoms with E-state index in [9.17, 15) is 18.0 Å². The van der Waals surface area contributed by atoms with Gasteiger partial charge in [0.2, 0.25) is 0 Å². The van der Waals surface area contributed by atoms with Crippen LogP contribution in [0.25, 0.3) is 16.1 Å². The summed E-state index contributed by atoms with van der Waals surface area (Å²) in [5.41, 5.74) is 0.301. The first kappa shape index (κ1) is 25.3. The molecule has 0 aliphatic heterocycles. The van der Waals surface area contributed by atoms with Crippen LogP contribution in [-0.2, 0) is 12.7 Å². The van der Waals surface area contributed by atoms with E-state index in [1.54, 1.807) is 48.5 Å². The number of hydrogen-bond donors (Lipinski definition) is 0. The van der Waals surface area contributed by atoms with Gasteiger partial charge in [0.15, 0.2) is 0 Å². The van der Waals surface area contributed by atoms with Gasteiger partial charge in [-0.05, 0) is 85.1 Å². The van der Waals surface area contributed by atoms with Gasteiger partial charge in [0.25, 0.3) is 11.2 Å². The van der Waals surface area contributed by atoms with Gasteiger partial charge in [-0.2, -0.15) is 18.4 Å². The third kappa shape index (κ3) is 5.39. The molecule has 0 radical (unpaired) electrons. The maximum Gasteiger partial charge on any atom is 0.407 e. The highest BCUT2D eigenvalue weighted by Crippen LogP contribution is 2.37. The first-order valence-electron chi connectivity index (χ1n) is 11.2. The Hall–Kier alpha value is -4.82. The first-order chi connectivity index (χ1) is 17.6. The average Bonchev–Trinajstić information content (AvgIpc) is 2.86. The molecule has 1 heterocycles. The minimum atomic E-state index is -4.87. The summed E-state index contributed by atoms with van der Waals surface area (Å²) in [6, 6.07) is 21.2. The van der Waals surface area contributed by atoms with Gasteiger partial charge in [-0.25, -0.2) is 4.85 Å². The number of benzene rings is 3. The van der Waals surface area contributed by atoms with Crippen molar-refractivity contribution in [2.24, 2.45) is 0 Å². The zero-order chi connectivity index (χ0) is 26.7. The predicted molar refractivity (Wildman–Crippen MR) is 134 cm³/mol. The molecule has 0 spiro atoms. The van der Waals surface area contributed by atoms with Crippen LogP contribution in [0.5, 0.6) is 11.5 Å². The monoisotopic (exact) mass is 499 g/mol. The van der Waals surface area contributed by atoms with Crippen LogP contribution >= 0.6 is 0 Å². The van der Waals surface area contributed by atoms with Gasteiger partial charge < -0.3 is 9.30 Å². The lowest BCUT2D eigenvalue weighted by Gasteiger charge is -2.19. The Balaban J connectivity index is 1.80. The maximum atomic E-state index is 13.8. The number of nitrogens with zero attached hydrogens (tertiary/aromatic N) is 3. The Kier molecular flexibility index (Phi) is 6.86. The third-order valence-electron chi connectivity index (χ3n) is 5.89. The molecule has 0 N–H and O–H groups in total. The van der Waals surface area contributed by atoms with Crippen molar-refractivity contribution < 1.29 is 17.9 Å². The van der Waals surface area contributed by atoms with Crippen LogP contribution in [-0.4, -0.2) is 4.57 Å². The molecule has 4 aromatic rings. The molecule has 0 unspecified atom stereocenters. The van der Waals surface area contributed by atoms with Gasteiger partial charge in [0, 0.05) is 5.69 Å². The Labute approximate surface area is 211 Å². The molecule has 5 nitrogen and oxygen atoms in total. The third-order valence-corrected chi connectivity index (χ3v) is 5.89. The Morgan fingerprint density at radius 3 is 2.14 bits per heavy atom. The van der Waals surface area contributed by atoms with E-state index in [1.165, 1.54) is 4.57 Å². The predicted octanol–water partition coefficient (Wildman–Crippen LogP) is 7.41. The van der Waals surface area contributed by atoms with E-state index in [4.69, 9.17) is 16.6 Å². The highest BCUT2D eigenvalue weighted by Gasteiger charge is 2.36. The highest BCUT2D eigenvalue weighted by atomic mass is 19.4. The Morgan fingerprint density at radius 2 is 1.59 bits per heavy atom. The molecule has 0 aliphatic rings. The van der Waals surface area contributed by atoms with E-state index in [0.29, 0.717) is 22.6 Å². The molecule has 1 aromatic heterocycles. The maximum absolute atomic E-state index is 13.8. The van der Waals surface area contributed by atoms with Gasteiger partial charge >= 0.3 is 6.18 Å². The second-order valence-electron chi connectivity index (χ2n) is 8.49. The topological polar surface area (TPSA) is 59.4 Å². The molecule has 37 heavy (non-hydrogen) atoms. The van der Waals surface area contributed by atoms with Crippen molar-refractivity contribution in [2.45, 2.75) is 26.6 Å². The van der Waals surface area contributed by atoms with Gasteiger partial charge in [-0.3, -0.25) is 4.79 Å². The van der Waals surface area contributed by atoms with Crippen LogP contribution in [0.15, 0.2) is 77.6 Å². The summed E-state index contributed by atoms with van der Waals surface area (Å²) in [6.45, 7) is 11.1. The van der Waals surface area contributed by atoms with E-state index in [1.807, 2.05) is 38.1 Å². The standard InChI is InChI=1S/C29H20F3N3O2/c1-18-4-7-22(19(2)14-18)17-35-26(15-25(29(30,31)32)27(34-3)28(35)36)21-8-12-24(13-9-21)37-23-10-5-20(16-33)6-11-23/h4-15H,17H2,1-2H3. The quantitative estimate of drug-likeness (QED) is 0.269. The second kappa shape index (κ2) is 10.0. The molecule has 0 atom stereocenters. The van der Waals surface area contributed by atoms with Gasteiger partial charge in [0.1, 0.15) is 11.5 Å². The molecule has 0 saturated heterocycles. The summed E-state index contributed by atoms with van der Waals surface area (Å²) >= 11 is 0. The summed E-state index contributed by atoms with van der Waals surface area (Å²) < 4.78 is 48.4. The number of hydrogen-bond acceptors (Lipinski definition) is 3. The number of ether oxygens (including phenoxy) is 1. The van der Waals surface area contributed by atoms with E-state index in [2.05, 4.69) is 4.85 Å². The van der Waals surface area contributed by atoms with E-state index in [-0.39, 0.29) is 12.2 Å². The average molecular weight is 499 g/mol. The number of pyridine rings is 1. The molecule has 184 valence electrons. The van der Waals surface area contributed by atoms with Gasteiger partial charge in [-0.15, -0.1) is 0 Å². The van der Waals surface area contributed by atoms with Crippen LogP contribution in [0.2, 0.25) is 0 Å². The Morgan fingerprint density at radius 1 is 0.973 bits per heavy atom. The van der Waals surface area contributed by atoms with Crippen LogP contribution < -0.4 is 10.3 Å². The normalized spacial score (nSPS) is 11.0. The zero-order valence-corrected chi connectivity index (χ0v) is 19.9. The molecule has 4 rings (SSSR count). The van der Waals surface area contributed by atoms with Crippen LogP contribution in [0, 0.1) is 31.8 Å². The lowest BCUT2D eigenvalue weighted by atomic mass is 10.0. The number of halogens is 3. The van der Waals surface area contributed by atoms with Crippen LogP contribution in [0.3, 0.4) is 0 Å². The number of rotatable bonds is 5. The summed E-state index contributed by atoms with van der Waals surface area (Å²) in [4.78, 5) is 16.1. The van der Waals surface area contributed by atoms with Crippen molar-refractivity contribution in [3.05, 3.63) is 122 Å². The minimum Gasteiger partial charge on any atom is -0.457 e. The zero-order valence-electron chi connectivity index (χ0n) is 19.9. The molecule has 0 bridgehead atoms. The largest absolute Gasteiger partial charge is 0.457 e. The first-order valence-corrected chi connectivity index (χ1v) is 11.2. The fourth-order valence-electron chi connectivity index (χ4n) is 3.98. The molecule has 3 aromatic carbocycles. The van der Waals surface area contributed by atoms with Gasteiger partial charge in [-0.1, -0.05) is 23.8 Å². The lowest BCUT2D eigenvalue weighted by molar-refractivity contribution is -0.136. The molecular weight excluding hydrogens is 479 g/mol. The Bertz CT molecular complexity index is 1610. The molecule has 0 fully saturated rings. The summed E-state index contributed by atoms with van der Waals surface area (Å²) in [6.07, 6.45) is -4.87. The number of aryl methyl sites for hydroxylation is 2. The van der Waals surface area contributed by atoms with Gasteiger partial charge in [0.05, 0.1) is 30.3 Å². The molecular formula is C29H20F3N3O2. The number of aromatic nitrogens is 1. The molecule has 0 aliphatic carbocycles. The number of alkyl halides is 3. The summed E-state index contributed by atoms with van der Waals surface area (Å²) in [7, 11) is 0. The van der Waals surface area contributed by atoms with Crippen molar-refractivity contribution in [1.82, 2.24) is 4.57 Å². The summed E-state index contributed by atoms with van der Waals surface area (Å²) in [5, 5.41) is 8.92. The van der Waals surface area contributed by atoms with Crippen LogP contribution in [0.1, 0.15) is 27.8 Å². The fourth-order valence-corrected chi connectivity index (χ4v) is 3.98. The van der Waals surface area contributed by atoms with Crippen molar-refractivity contribution in [3.8, 4) is 28.8 Å². The van der Waals surface area contributed by atoms with Crippen LogP contribution in [0.4, 0.5) is 18.9 Å².